The molecule has 0 saturated carbocycles. The molecule has 0 radical (unpaired) electrons. The molecule has 2 atom stereocenters. The van der Waals surface area contributed by atoms with Crippen molar-refractivity contribution in [1.82, 2.24) is 4.90 Å². The van der Waals surface area contributed by atoms with E-state index in [2.05, 4.69) is 41.4 Å². The molecule has 7 rings (SSSR count). The van der Waals surface area contributed by atoms with Gasteiger partial charge in [-0.05, 0) is 59.7 Å². The van der Waals surface area contributed by atoms with Crippen molar-refractivity contribution < 1.29 is 24.0 Å². The van der Waals surface area contributed by atoms with Crippen LogP contribution in [0.5, 0.6) is 5.75 Å². The number of nitrogens with zero attached hydrogens (tertiary/aromatic N) is 3. The van der Waals surface area contributed by atoms with Crippen molar-refractivity contribution in [2.24, 2.45) is 4.99 Å². The molecule has 0 N–H and O–H groups in total. The van der Waals surface area contributed by atoms with Gasteiger partial charge in [0.1, 0.15) is 46.6 Å². The predicted octanol–water partition coefficient (Wildman–Crippen LogP) is 6.30. The number of benzene rings is 5. The van der Waals surface area contributed by atoms with E-state index in [4.69, 9.17) is 9.47 Å². The fourth-order valence-electron chi connectivity index (χ4n) is 6.66. The number of rotatable bonds is 12. The molecule has 11 heteroatoms. The van der Waals surface area contributed by atoms with Gasteiger partial charge in [0.2, 0.25) is 0 Å². The number of esters is 1. The van der Waals surface area contributed by atoms with Gasteiger partial charge in [-0.25, -0.2) is 4.79 Å². The van der Waals surface area contributed by atoms with Gasteiger partial charge in [-0.15, -0.1) is 11.8 Å². The lowest BCUT2D eigenvalue weighted by Gasteiger charge is -2.48. The van der Waals surface area contributed by atoms with Crippen LogP contribution < -0.4 is 20.7 Å². The fourth-order valence-corrected chi connectivity index (χ4v) is 12.5. The van der Waals surface area contributed by atoms with Gasteiger partial charge in [-0.3, -0.25) is 24.8 Å². The second-order valence-electron chi connectivity index (χ2n) is 12.3. The molecular weight excluding hydrogens is 694 g/mol. The van der Waals surface area contributed by atoms with Crippen LogP contribution in [0.3, 0.4) is 0 Å². The Morgan fingerprint density at radius 2 is 1.48 bits per heavy atom. The number of aliphatic imine (C=N–C) groups is 1. The summed E-state index contributed by atoms with van der Waals surface area (Å²) in [5.41, 5.74) is 2.33. The van der Waals surface area contributed by atoms with Gasteiger partial charge in [-0.2, -0.15) is 0 Å². The maximum absolute atomic E-state index is 14.3. The molecule has 1 saturated heterocycles. The maximum atomic E-state index is 14.3. The van der Waals surface area contributed by atoms with E-state index in [0.29, 0.717) is 23.2 Å². The first-order valence-corrected chi connectivity index (χ1v) is 19.7. The number of β-lactam (4-membered cyclic amide) rings is 1. The molecule has 5 aromatic rings. The number of carbonyl (C=O) groups excluding carboxylic acids is 2. The molecule has 2 aliphatic heterocycles. The Balaban J connectivity index is 1.30. The van der Waals surface area contributed by atoms with Gasteiger partial charge in [0.25, 0.3) is 11.6 Å². The molecule has 0 aromatic heterocycles. The van der Waals surface area contributed by atoms with Crippen molar-refractivity contribution in [3.8, 4) is 5.75 Å². The Kier molecular flexibility index (Phi) is 10.3. The Hall–Kier alpha value is -5.57. The van der Waals surface area contributed by atoms with Crippen molar-refractivity contribution in [1.29, 1.82) is 0 Å². The van der Waals surface area contributed by atoms with Gasteiger partial charge < -0.3 is 9.47 Å². The van der Waals surface area contributed by atoms with E-state index in [1.54, 1.807) is 35.9 Å². The zero-order chi connectivity index (χ0) is 36.1. The first-order valence-electron chi connectivity index (χ1n) is 16.7. The molecule has 2 aliphatic rings. The van der Waals surface area contributed by atoms with E-state index in [-0.39, 0.29) is 23.9 Å². The zero-order valence-corrected chi connectivity index (χ0v) is 30.0. The van der Waals surface area contributed by atoms with Gasteiger partial charge in [0.15, 0.2) is 6.04 Å². The number of methoxy groups -OCH3 is 1. The number of amides is 1. The molecule has 5 aromatic carbocycles. The molecule has 260 valence electrons. The van der Waals surface area contributed by atoms with E-state index in [1.165, 1.54) is 18.3 Å². The SMILES string of the molecule is COc1ccc(COC(=O)C2=C(C[P+](c3ccccc3)(c3ccccc3)c3ccccc3)CS[C@@H]3[C@H](/N=C/c4cccc([N+](=O)[O-])c4)C(=O)N23)cc1. The summed E-state index contributed by atoms with van der Waals surface area (Å²) in [6.45, 7) is 0.0180. The maximum Gasteiger partial charge on any atom is 0.355 e. The monoisotopic (exact) mass is 728 g/mol. The number of fused-ring (bicyclic) bond motifs is 1. The Morgan fingerprint density at radius 1 is 0.885 bits per heavy atom. The number of carbonyl (C=O) groups is 2. The van der Waals surface area contributed by atoms with Crippen molar-refractivity contribution in [3.63, 3.8) is 0 Å². The van der Waals surface area contributed by atoms with E-state index in [1.807, 2.05) is 78.9 Å². The zero-order valence-electron chi connectivity index (χ0n) is 28.3. The van der Waals surface area contributed by atoms with E-state index >= 15 is 0 Å². The molecule has 9 nitrogen and oxygen atoms in total. The summed E-state index contributed by atoms with van der Waals surface area (Å²) in [5.74, 6) is 0.283. The molecule has 0 bridgehead atoms. The minimum Gasteiger partial charge on any atom is -0.497 e. The number of ether oxygens (including phenoxy) is 2. The molecule has 1 fully saturated rings. The van der Waals surface area contributed by atoms with Crippen molar-refractivity contribution >= 4 is 58.7 Å². The van der Waals surface area contributed by atoms with Crippen LogP contribution in [0.2, 0.25) is 0 Å². The van der Waals surface area contributed by atoms with Crippen molar-refractivity contribution in [2.45, 2.75) is 18.0 Å². The molecule has 0 spiro atoms. The highest BCUT2D eigenvalue weighted by Crippen LogP contribution is 2.58. The first kappa shape index (κ1) is 34.9. The average molecular weight is 729 g/mol. The minimum absolute atomic E-state index is 0.0180. The van der Waals surface area contributed by atoms with Crippen LogP contribution in [0.4, 0.5) is 5.69 Å². The molecule has 1 amide bonds. The van der Waals surface area contributed by atoms with Gasteiger partial charge in [0.05, 0.1) is 18.2 Å². The number of hydrogen-bond donors (Lipinski definition) is 0. The lowest BCUT2D eigenvalue weighted by Crippen LogP contribution is -2.64. The number of thioether (sulfide) groups is 1. The third kappa shape index (κ3) is 6.87. The van der Waals surface area contributed by atoms with Gasteiger partial charge in [-0.1, -0.05) is 78.9 Å². The van der Waals surface area contributed by atoms with Crippen molar-refractivity contribution in [2.75, 3.05) is 19.0 Å². The van der Waals surface area contributed by atoms with E-state index < -0.39 is 29.6 Å². The standard InChI is InChI=1S/C41H35N3O6PS/c1-49-33-22-20-29(21-23-33)26-50-41(46)38-31(28-52-40-37(39(45)43(38)40)42-25-30-12-11-13-32(24-30)44(47)48)27-51(34-14-5-2-6-15-34,35-16-7-3-8-17-35)36-18-9-4-10-19-36/h2-25,37,40H,26-28H2,1H3/q+1/b42-25+/t37-,40-/m1/s1. The molecule has 52 heavy (non-hydrogen) atoms. The first-order chi connectivity index (χ1) is 25.4. The summed E-state index contributed by atoms with van der Waals surface area (Å²) < 4.78 is 11.3. The average Bonchev–Trinajstić information content (AvgIpc) is 3.20. The summed E-state index contributed by atoms with van der Waals surface area (Å²) in [7, 11) is -0.831. The molecular formula is C41H35N3O6PS+. The van der Waals surface area contributed by atoms with E-state index in [0.717, 1.165) is 27.1 Å². The van der Waals surface area contributed by atoms with Gasteiger partial charge >= 0.3 is 5.97 Å². The Bertz CT molecular complexity index is 2050. The normalized spacial score (nSPS) is 17.0. The predicted molar refractivity (Wildman–Crippen MR) is 207 cm³/mol. The smallest absolute Gasteiger partial charge is 0.355 e. The topological polar surface area (TPSA) is 111 Å². The fraction of sp³-hybridized carbons (Fsp3) is 0.146. The highest BCUT2D eigenvalue weighted by Gasteiger charge is 2.56. The van der Waals surface area contributed by atoms with Crippen LogP contribution >= 0.6 is 19.0 Å². The minimum atomic E-state index is -2.42. The number of hydrogen-bond acceptors (Lipinski definition) is 8. The second kappa shape index (κ2) is 15.4. The Labute approximate surface area is 306 Å². The van der Waals surface area contributed by atoms with Crippen molar-refractivity contribution in [3.05, 3.63) is 172 Å². The number of non-ortho nitro benzene ring substituents is 1. The molecule has 0 unspecified atom stereocenters. The van der Waals surface area contributed by atoms with Crippen LogP contribution in [0.15, 0.2) is 156 Å². The van der Waals surface area contributed by atoms with Crippen LogP contribution in [-0.2, 0) is 20.9 Å². The quantitative estimate of drug-likeness (QED) is 0.0371. The number of nitro groups is 1. The summed E-state index contributed by atoms with van der Waals surface area (Å²) in [6, 6.07) is 43.8. The largest absolute Gasteiger partial charge is 0.497 e. The summed E-state index contributed by atoms with van der Waals surface area (Å²) >= 11 is 1.56. The van der Waals surface area contributed by atoms with Gasteiger partial charge in [0, 0.05) is 29.7 Å². The summed E-state index contributed by atoms with van der Waals surface area (Å²) in [5, 5.41) is 14.4. The van der Waals surface area contributed by atoms with Crippen LogP contribution in [-0.4, -0.2) is 58.4 Å². The van der Waals surface area contributed by atoms with E-state index in [9.17, 15) is 19.7 Å². The second-order valence-corrected chi connectivity index (χ2v) is 16.9. The van der Waals surface area contributed by atoms with Crippen LogP contribution in [0, 0.1) is 10.1 Å². The lowest BCUT2D eigenvalue weighted by molar-refractivity contribution is -0.384. The summed E-state index contributed by atoms with van der Waals surface area (Å²) in [4.78, 5) is 45.3. The van der Waals surface area contributed by atoms with Crippen LogP contribution in [0.25, 0.3) is 0 Å². The molecule has 2 heterocycles. The van der Waals surface area contributed by atoms with Crippen LogP contribution in [0.1, 0.15) is 11.1 Å². The molecule has 0 aliphatic carbocycles. The third-order valence-corrected chi connectivity index (χ3v) is 14.9. The lowest BCUT2D eigenvalue weighted by atomic mass is 10.0. The Morgan fingerprint density at radius 3 is 2.04 bits per heavy atom. The highest BCUT2D eigenvalue weighted by molar-refractivity contribution is 8.00. The summed E-state index contributed by atoms with van der Waals surface area (Å²) in [6.07, 6.45) is 2.01. The number of nitro benzene ring substituents is 1. The highest BCUT2D eigenvalue weighted by atomic mass is 32.2. The third-order valence-electron chi connectivity index (χ3n) is 9.23.